The van der Waals surface area contributed by atoms with Crippen molar-refractivity contribution in [1.82, 2.24) is 0 Å². The SMILES string of the molecule is CC(C)(CN)OCC1CCCc2ccccc21. The van der Waals surface area contributed by atoms with Gasteiger partial charge < -0.3 is 10.5 Å². The van der Waals surface area contributed by atoms with Crippen LogP contribution in [0.3, 0.4) is 0 Å². The summed E-state index contributed by atoms with van der Waals surface area (Å²) in [5, 5.41) is 0. The van der Waals surface area contributed by atoms with E-state index < -0.39 is 0 Å². The van der Waals surface area contributed by atoms with Crippen LogP contribution in [0.25, 0.3) is 0 Å². The molecule has 0 radical (unpaired) electrons. The molecule has 0 saturated carbocycles. The van der Waals surface area contributed by atoms with Gasteiger partial charge in [0.25, 0.3) is 0 Å². The Labute approximate surface area is 104 Å². The second-order valence-electron chi connectivity index (χ2n) is 5.56. The largest absolute Gasteiger partial charge is 0.374 e. The predicted octanol–water partition coefficient (Wildman–Crippen LogP) is 2.86. The van der Waals surface area contributed by atoms with Crippen LogP contribution in [0.2, 0.25) is 0 Å². The Kier molecular flexibility index (Phi) is 3.85. The highest BCUT2D eigenvalue weighted by molar-refractivity contribution is 5.32. The lowest BCUT2D eigenvalue weighted by Gasteiger charge is -2.30. The fourth-order valence-corrected chi connectivity index (χ4v) is 2.41. The number of nitrogens with two attached hydrogens (primary N) is 1. The van der Waals surface area contributed by atoms with Crippen molar-refractivity contribution in [3.8, 4) is 0 Å². The summed E-state index contributed by atoms with van der Waals surface area (Å²) in [7, 11) is 0. The maximum absolute atomic E-state index is 5.95. The van der Waals surface area contributed by atoms with E-state index in [1.165, 1.54) is 30.4 Å². The minimum Gasteiger partial charge on any atom is -0.374 e. The molecular formula is C15H23NO. The quantitative estimate of drug-likeness (QED) is 0.868. The zero-order chi connectivity index (χ0) is 12.3. The van der Waals surface area contributed by atoms with E-state index in [4.69, 9.17) is 10.5 Å². The summed E-state index contributed by atoms with van der Waals surface area (Å²) in [6.45, 7) is 5.48. The summed E-state index contributed by atoms with van der Waals surface area (Å²) in [4.78, 5) is 0. The van der Waals surface area contributed by atoms with Gasteiger partial charge in [0.2, 0.25) is 0 Å². The van der Waals surface area contributed by atoms with E-state index >= 15 is 0 Å². The van der Waals surface area contributed by atoms with Crippen molar-refractivity contribution in [1.29, 1.82) is 0 Å². The van der Waals surface area contributed by atoms with Crippen LogP contribution < -0.4 is 5.73 Å². The molecule has 0 aromatic heterocycles. The molecule has 0 aliphatic heterocycles. The van der Waals surface area contributed by atoms with Crippen molar-refractivity contribution < 1.29 is 4.74 Å². The molecule has 0 heterocycles. The van der Waals surface area contributed by atoms with Gasteiger partial charge in [0, 0.05) is 12.5 Å². The molecular weight excluding hydrogens is 210 g/mol. The number of hydrogen-bond donors (Lipinski definition) is 1. The Balaban J connectivity index is 2.04. The first-order chi connectivity index (χ1) is 8.12. The molecule has 0 spiro atoms. The molecule has 94 valence electrons. The summed E-state index contributed by atoms with van der Waals surface area (Å²) < 4.78 is 5.95. The molecule has 0 bridgehead atoms. The van der Waals surface area contributed by atoms with Gasteiger partial charge in [-0.05, 0) is 44.2 Å². The molecule has 1 unspecified atom stereocenters. The minimum absolute atomic E-state index is 0.202. The van der Waals surface area contributed by atoms with Crippen LogP contribution in [0.5, 0.6) is 0 Å². The summed E-state index contributed by atoms with van der Waals surface area (Å²) in [6.07, 6.45) is 3.72. The minimum atomic E-state index is -0.202. The smallest absolute Gasteiger partial charge is 0.0748 e. The molecule has 1 aliphatic carbocycles. The standard InChI is InChI=1S/C15H23NO/c1-15(2,11-16)17-10-13-8-5-7-12-6-3-4-9-14(12)13/h3-4,6,9,13H,5,7-8,10-11,16H2,1-2H3. The Hall–Kier alpha value is -0.860. The molecule has 1 aromatic carbocycles. The third kappa shape index (κ3) is 3.08. The van der Waals surface area contributed by atoms with E-state index in [1.807, 2.05) is 0 Å². The highest BCUT2D eigenvalue weighted by Gasteiger charge is 2.23. The lowest BCUT2D eigenvalue weighted by molar-refractivity contribution is -0.0196. The van der Waals surface area contributed by atoms with E-state index in [-0.39, 0.29) is 5.60 Å². The number of rotatable bonds is 4. The van der Waals surface area contributed by atoms with E-state index in [1.54, 1.807) is 0 Å². The van der Waals surface area contributed by atoms with Crippen molar-refractivity contribution in [3.05, 3.63) is 35.4 Å². The van der Waals surface area contributed by atoms with Gasteiger partial charge in [-0.1, -0.05) is 24.3 Å². The second kappa shape index (κ2) is 5.19. The van der Waals surface area contributed by atoms with E-state index in [0.717, 1.165) is 6.61 Å². The maximum atomic E-state index is 5.95. The molecule has 2 heteroatoms. The molecule has 17 heavy (non-hydrogen) atoms. The summed E-state index contributed by atoms with van der Waals surface area (Å²) in [5.74, 6) is 0.547. The topological polar surface area (TPSA) is 35.2 Å². The van der Waals surface area contributed by atoms with Crippen molar-refractivity contribution in [2.75, 3.05) is 13.2 Å². The Morgan fingerprint density at radius 2 is 2.12 bits per heavy atom. The van der Waals surface area contributed by atoms with Gasteiger partial charge in [-0.2, -0.15) is 0 Å². The van der Waals surface area contributed by atoms with Crippen LogP contribution in [0, 0.1) is 0 Å². The van der Waals surface area contributed by atoms with E-state index in [2.05, 4.69) is 38.1 Å². The maximum Gasteiger partial charge on any atom is 0.0748 e. The Morgan fingerprint density at radius 1 is 1.35 bits per heavy atom. The van der Waals surface area contributed by atoms with Crippen molar-refractivity contribution in [2.24, 2.45) is 5.73 Å². The molecule has 1 aromatic rings. The zero-order valence-corrected chi connectivity index (χ0v) is 10.9. The van der Waals surface area contributed by atoms with Gasteiger partial charge in [-0.3, -0.25) is 0 Å². The first kappa shape index (κ1) is 12.6. The number of fused-ring (bicyclic) bond motifs is 1. The molecule has 2 rings (SSSR count). The lowest BCUT2D eigenvalue weighted by atomic mass is 9.83. The predicted molar refractivity (Wildman–Crippen MR) is 71.2 cm³/mol. The monoisotopic (exact) mass is 233 g/mol. The number of benzene rings is 1. The van der Waals surface area contributed by atoms with Crippen LogP contribution >= 0.6 is 0 Å². The van der Waals surface area contributed by atoms with Crippen molar-refractivity contribution in [2.45, 2.75) is 44.6 Å². The third-order valence-corrected chi connectivity index (χ3v) is 3.66. The molecule has 2 N–H and O–H groups in total. The Morgan fingerprint density at radius 3 is 2.88 bits per heavy atom. The zero-order valence-electron chi connectivity index (χ0n) is 10.9. The van der Waals surface area contributed by atoms with Gasteiger partial charge in [0.05, 0.1) is 12.2 Å². The van der Waals surface area contributed by atoms with Crippen LogP contribution in [0.4, 0.5) is 0 Å². The highest BCUT2D eigenvalue weighted by Crippen LogP contribution is 2.32. The number of hydrogen-bond acceptors (Lipinski definition) is 2. The molecule has 0 saturated heterocycles. The summed E-state index contributed by atoms with van der Waals surface area (Å²) >= 11 is 0. The fourth-order valence-electron chi connectivity index (χ4n) is 2.41. The molecule has 0 amide bonds. The van der Waals surface area contributed by atoms with Crippen molar-refractivity contribution in [3.63, 3.8) is 0 Å². The molecule has 2 nitrogen and oxygen atoms in total. The summed E-state index contributed by atoms with van der Waals surface area (Å²) in [5.41, 5.74) is 8.47. The average molecular weight is 233 g/mol. The first-order valence-electron chi connectivity index (χ1n) is 6.54. The number of aryl methyl sites for hydroxylation is 1. The van der Waals surface area contributed by atoms with Crippen molar-refractivity contribution >= 4 is 0 Å². The van der Waals surface area contributed by atoms with Gasteiger partial charge in [-0.15, -0.1) is 0 Å². The van der Waals surface area contributed by atoms with Crippen LogP contribution in [-0.4, -0.2) is 18.8 Å². The highest BCUT2D eigenvalue weighted by atomic mass is 16.5. The van der Waals surface area contributed by atoms with E-state index in [9.17, 15) is 0 Å². The summed E-state index contributed by atoms with van der Waals surface area (Å²) in [6, 6.07) is 8.75. The van der Waals surface area contributed by atoms with Gasteiger partial charge in [-0.25, -0.2) is 0 Å². The second-order valence-corrected chi connectivity index (χ2v) is 5.56. The van der Waals surface area contributed by atoms with Gasteiger partial charge in [0.1, 0.15) is 0 Å². The van der Waals surface area contributed by atoms with Crippen LogP contribution in [-0.2, 0) is 11.2 Å². The molecule has 1 aliphatic rings. The number of ether oxygens (including phenoxy) is 1. The average Bonchev–Trinajstić information content (AvgIpc) is 2.36. The van der Waals surface area contributed by atoms with Gasteiger partial charge >= 0.3 is 0 Å². The van der Waals surface area contributed by atoms with Gasteiger partial charge in [0.15, 0.2) is 0 Å². The van der Waals surface area contributed by atoms with Crippen LogP contribution in [0.15, 0.2) is 24.3 Å². The normalized spacial score (nSPS) is 20.1. The lowest BCUT2D eigenvalue weighted by Crippen LogP contribution is -2.35. The Bertz CT molecular complexity index is 373. The van der Waals surface area contributed by atoms with Crippen LogP contribution in [0.1, 0.15) is 43.7 Å². The first-order valence-corrected chi connectivity index (χ1v) is 6.54. The molecule has 1 atom stereocenters. The van der Waals surface area contributed by atoms with E-state index in [0.29, 0.717) is 12.5 Å². The fraction of sp³-hybridized carbons (Fsp3) is 0.600. The molecule has 0 fully saturated rings. The third-order valence-electron chi connectivity index (χ3n) is 3.66.